The molecule has 28 heavy (non-hydrogen) atoms. The van der Waals surface area contributed by atoms with E-state index in [4.69, 9.17) is 4.98 Å². The molecule has 0 unspecified atom stereocenters. The van der Waals surface area contributed by atoms with Gasteiger partial charge in [-0.15, -0.1) is 0 Å². The van der Waals surface area contributed by atoms with Crippen molar-refractivity contribution in [2.75, 3.05) is 38.1 Å². The monoisotopic (exact) mass is 391 g/mol. The van der Waals surface area contributed by atoms with E-state index >= 15 is 0 Å². The second-order valence-electron chi connectivity index (χ2n) is 8.17. The lowest BCUT2D eigenvalue weighted by molar-refractivity contribution is 0.103. The molecule has 3 heterocycles. The van der Waals surface area contributed by atoms with Gasteiger partial charge in [-0.3, -0.25) is 4.79 Å². The van der Waals surface area contributed by atoms with Crippen molar-refractivity contribution in [3.8, 4) is 6.07 Å². The molecular weight excluding hydrogens is 370 g/mol. The number of H-pyrrole nitrogens is 1. The average molecular weight is 392 g/mol. The summed E-state index contributed by atoms with van der Waals surface area (Å²) in [6, 6.07) is 7.63. The van der Waals surface area contributed by atoms with E-state index in [1.807, 2.05) is 12.1 Å². The zero-order chi connectivity index (χ0) is 19.6. The van der Waals surface area contributed by atoms with Gasteiger partial charge in [0.1, 0.15) is 4.88 Å². The van der Waals surface area contributed by atoms with E-state index in [-0.39, 0.29) is 5.78 Å². The van der Waals surface area contributed by atoms with Gasteiger partial charge < -0.3 is 14.8 Å². The van der Waals surface area contributed by atoms with Crippen molar-refractivity contribution in [1.29, 1.82) is 5.26 Å². The Morgan fingerprint density at radius 1 is 1.25 bits per heavy atom. The molecule has 3 aromatic rings. The minimum absolute atomic E-state index is 0.0400. The van der Waals surface area contributed by atoms with Crippen molar-refractivity contribution in [1.82, 2.24) is 14.9 Å². The molecule has 1 aromatic carbocycles. The van der Waals surface area contributed by atoms with Crippen molar-refractivity contribution in [3.63, 3.8) is 0 Å². The summed E-state index contributed by atoms with van der Waals surface area (Å²) in [6.07, 6.45) is 0. The van der Waals surface area contributed by atoms with Gasteiger partial charge in [-0.1, -0.05) is 17.4 Å². The number of nitrogens with zero attached hydrogens (tertiary/aromatic N) is 4. The van der Waals surface area contributed by atoms with Crippen LogP contribution >= 0.6 is 11.3 Å². The molecule has 0 radical (unpaired) electrons. The maximum atomic E-state index is 13.4. The fraction of sp³-hybridized carbons (Fsp3) is 0.381. The number of carbonyl (C=O) groups excluding carboxylic acids is 1. The fourth-order valence-electron chi connectivity index (χ4n) is 4.22. The van der Waals surface area contributed by atoms with Crippen molar-refractivity contribution < 1.29 is 4.79 Å². The summed E-state index contributed by atoms with van der Waals surface area (Å²) in [4.78, 5) is 27.1. The summed E-state index contributed by atoms with van der Waals surface area (Å²) in [5.74, 6) is 0.0400. The molecule has 1 fully saturated rings. The molecule has 1 aliphatic heterocycles. The molecule has 1 N–H and O–H groups in total. The molecule has 5 rings (SSSR count). The van der Waals surface area contributed by atoms with Crippen molar-refractivity contribution in [3.05, 3.63) is 45.6 Å². The van der Waals surface area contributed by atoms with E-state index < -0.39 is 5.41 Å². The Morgan fingerprint density at radius 3 is 2.71 bits per heavy atom. The number of nitriles is 1. The first kappa shape index (κ1) is 17.4. The SMILES string of the molecule is CN1CCN(c2nc3c(s2)C(=O)c2c([nH]c4cc(C#N)ccc24)C3(C)C)CC1. The van der Waals surface area contributed by atoms with E-state index in [1.165, 1.54) is 11.3 Å². The third kappa shape index (κ3) is 2.35. The number of nitrogens with one attached hydrogen (secondary N) is 1. The van der Waals surface area contributed by atoms with Crippen LogP contribution in [-0.4, -0.2) is 53.9 Å². The molecule has 0 amide bonds. The molecule has 2 aromatic heterocycles. The molecule has 1 aliphatic carbocycles. The molecule has 6 nitrogen and oxygen atoms in total. The number of aromatic nitrogens is 2. The highest BCUT2D eigenvalue weighted by atomic mass is 32.1. The number of rotatable bonds is 1. The van der Waals surface area contributed by atoms with Crippen LogP contribution in [0.1, 0.15) is 46.0 Å². The average Bonchev–Trinajstić information content (AvgIpc) is 3.30. The zero-order valence-corrected chi connectivity index (χ0v) is 17.0. The number of hydrogen-bond donors (Lipinski definition) is 1. The lowest BCUT2D eigenvalue weighted by Gasteiger charge is -2.32. The van der Waals surface area contributed by atoms with Crippen LogP contribution in [0.25, 0.3) is 10.9 Å². The third-order valence-corrected chi connectivity index (χ3v) is 7.08. The van der Waals surface area contributed by atoms with Crippen molar-refractivity contribution >= 4 is 33.2 Å². The number of likely N-dealkylation sites (N-methyl/N-ethyl adjacent to an activating group) is 1. The largest absolute Gasteiger partial charge is 0.357 e. The van der Waals surface area contributed by atoms with Crippen molar-refractivity contribution in [2.45, 2.75) is 19.3 Å². The smallest absolute Gasteiger partial charge is 0.207 e. The minimum Gasteiger partial charge on any atom is -0.357 e. The number of ketones is 1. The van der Waals surface area contributed by atoms with Gasteiger partial charge in [0, 0.05) is 48.2 Å². The van der Waals surface area contributed by atoms with Crippen LogP contribution in [0, 0.1) is 11.3 Å². The van der Waals surface area contributed by atoms with Crippen molar-refractivity contribution in [2.24, 2.45) is 0 Å². The van der Waals surface area contributed by atoms with E-state index in [9.17, 15) is 10.1 Å². The molecular formula is C21H21N5OS. The molecule has 2 aliphatic rings. The number of aromatic amines is 1. The Balaban J connectivity index is 1.64. The Hall–Kier alpha value is -2.69. The zero-order valence-electron chi connectivity index (χ0n) is 16.2. The van der Waals surface area contributed by atoms with E-state index in [2.05, 4.69) is 41.7 Å². The van der Waals surface area contributed by atoms with Crippen LogP contribution in [0.2, 0.25) is 0 Å². The van der Waals surface area contributed by atoms with E-state index in [0.29, 0.717) is 5.56 Å². The van der Waals surface area contributed by atoms with Gasteiger partial charge >= 0.3 is 0 Å². The molecule has 1 saturated heterocycles. The number of thiazole rings is 1. The lowest BCUT2D eigenvalue weighted by Crippen LogP contribution is -2.44. The van der Waals surface area contributed by atoms with Crippen LogP contribution in [0.15, 0.2) is 18.2 Å². The number of piperazine rings is 1. The van der Waals surface area contributed by atoms with Gasteiger partial charge in [0.15, 0.2) is 5.13 Å². The number of anilines is 1. The van der Waals surface area contributed by atoms with Gasteiger partial charge in [-0.25, -0.2) is 4.98 Å². The summed E-state index contributed by atoms with van der Waals surface area (Å²) in [5.41, 5.74) is 3.50. The first-order valence-electron chi connectivity index (χ1n) is 9.46. The quantitative estimate of drug-likeness (QED) is 0.690. The number of benzene rings is 1. The second kappa shape index (κ2) is 5.90. The maximum Gasteiger partial charge on any atom is 0.207 e. The topological polar surface area (TPSA) is 76.0 Å². The summed E-state index contributed by atoms with van der Waals surface area (Å²) < 4.78 is 0. The Kier molecular flexibility index (Phi) is 3.67. The second-order valence-corrected chi connectivity index (χ2v) is 9.14. The highest BCUT2D eigenvalue weighted by Gasteiger charge is 2.43. The summed E-state index contributed by atoms with van der Waals surface area (Å²) in [5, 5.41) is 11.0. The Bertz CT molecular complexity index is 1160. The van der Waals surface area contributed by atoms with Gasteiger partial charge in [-0.2, -0.15) is 5.26 Å². The van der Waals surface area contributed by atoms with E-state index in [1.54, 1.807) is 6.07 Å². The van der Waals surface area contributed by atoms with Crippen LogP contribution in [0.4, 0.5) is 5.13 Å². The highest BCUT2D eigenvalue weighted by molar-refractivity contribution is 7.18. The molecule has 142 valence electrons. The van der Waals surface area contributed by atoms with Gasteiger partial charge in [-0.05, 0) is 33.0 Å². The van der Waals surface area contributed by atoms with Gasteiger partial charge in [0.25, 0.3) is 0 Å². The first-order valence-corrected chi connectivity index (χ1v) is 10.3. The van der Waals surface area contributed by atoms with Crippen LogP contribution in [0.5, 0.6) is 0 Å². The standard InChI is InChI=1S/C21H21N5OS/c1-21(2)18-15(13-5-4-12(11-22)10-14(13)23-18)16(27)17-19(21)24-20(28-17)26-8-6-25(3)7-9-26/h4-5,10,23H,6-9H2,1-3H3. The molecule has 7 heteroatoms. The number of hydrogen-bond acceptors (Lipinski definition) is 6. The van der Waals surface area contributed by atoms with Crippen LogP contribution in [0.3, 0.4) is 0 Å². The Morgan fingerprint density at radius 2 is 2.00 bits per heavy atom. The van der Waals surface area contributed by atoms with Crippen LogP contribution in [-0.2, 0) is 5.41 Å². The number of carbonyl (C=O) groups is 1. The lowest BCUT2D eigenvalue weighted by atomic mass is 9.77. The predicted octanol–water partition coefficient (Wildman–Crippen LogP) is 3.12. The highest BCUT2D eigenvalue weighted by Crippen LogP contribution is 2.46. The summed E-state index contributed by atoms with van der Waals surface area (Å²) in [6.45, 7) is 8.11. The summed E-state index contributed by atoms with van der Waals surface area (Å²) >= 11 is 1.52. The molecule has 0 bridgehead atoms. The molecule has 0 saturated carbocycles. The minimum atomic E-state index is -0.397. The maximum absolute atomic E-state index is 13.4. The Labute approximate surface area is 167 Å². The molecule has 0 spiro atoms. The third-order valence-electron chi connectivity index (χ3n) is 5.97. The predicted molar refractivity (Wildman–Crippen MR) is 110 cm³/mol. The van der Waals surface area contributed by atoms with Gasteiger partial charge in [0.05, 0.1) is 22.9 Å². The molecule has 0 atom stereocenters. The fourth-order valence-corrected chi connectivity index (χ4v) is 5.45. The normalized spacial score (nSPS) is 18.8. The number of fused-ring (bicyclic) bond motifs is 4. The van der Waals surface area contributed by atoms with Gasteiger partial charge in [0.2, 0.25) is 5.78 Å². The summed E-state index contributed by atoms with van der Waals surface area (Å²) in [7, 11) is 2.13. The first-order chi connectivity index (χ1) is 13.4. The van der Waals surface area contributed by atoms with Crippen LogP contribution < -0.4 is 4.90 Å². The van der Waals surface area contributed by atoms with E-state index in [0.717, 1.165) is 64.0 Å².